The number of nitrogens with zero attached hydrogens (tertiary/aromatic N) is 6. The highest BCUT2D eigenvalue weighted by Crippen LogP contribution is 2.28. The van der Waals surface area contributed by atoms with Crippen LogP contribution < -0.4 is 14.8 Å². The van der Waals surface area contributed by atoms with Gasteiger partial charge in [-0.25, -0.2) is 14.3 Å². The number of aromatic nitrogens is 3. The Bertz CT molecular complexity index is 1480. The first-order valence-corrected chi connectivity index (χ1v) is 17.0. The number of carbonyl (C=O) groups excluding carboxylic acids is 2. The monoisotopic (exact) mass is 679 g/mol. The fourth-order valence-corrected chi connectivity index (χ4v) is 5.99. The van der Waals surface area contributed by atoms with Gasteiger partial charge < -0.3 is 43.7 Å². The molecule has 2 aliphatic heterocycles. The van der Waals surface area contributed by atoms with E-state index in [-0.39, 0.29) is 18.1 Å². The number of hydrogen-bond acceptors (Lipinski definition) is 9. The summed E-state index contributed by atoms with van der Waals surface area (Å²) in [5.41, 5.74) is 3.26. The summed E-state index contributed by atoms with van der Waals surface area (Å²) in [4.78, 5) is 32.0. The van der Waals surface area contributed by atoms with Gasteiger partial charge in [-0.2, -0.15) is 0 Å². The predicted molar refractivity (Wildman–Crippen MR) is 184 cm³/mol. The van der Waals surface area contributed by atoms with Gasteiger partial charge in [-0.05, 0) is 49.6 Å². The minimum absolute atomic E-state index is 0.0198. The first kappa shape index (κ1) is 35.9. The zero-order chi connectivity index (χ0) is 34.4. The van der Waals surface area contributed by atoms with Crippen LogP contribution in [0.3, 0.4) is 0 Å². The summed E-state index contributed by atoms with van der Waals surface area (Å²) in [6.07, 6.45) is 4.35. The molecule has 14 heteroatoms. The topological polar surface area (TPSA) is 133 Å². The molecule has 0 saturated carbocycles. The molecule has 266 valence electrons. The highest BCUT2D eigenvalue weighted by molar-refractivity contribution is 5.89. The van der Waals surface area contributed by atoms with Gasteiger partial charge in [0.25, 0.3) is 0 Å². The zero-order valence-electron chi connectivity index (χ0n) is 28.8. The maximum Gasteiger partial charge on any atom is 0.321 e. The van der Waals surface area contributed by atoms with Crippen LogP contribution in [-0.2, 0) is 27.3 Å². The van der Waals surface area contributed by atoms with Gasteiger partial charge in [-0.1, -0.05) is 24.3 Å². The Labute approximate surface area is 288 Å². The molecular weight excluding hydrogens is 630 g/mol. The molecule has 0 unspecified atom stereocenters. The number of urea groups is 2. The molecule has 2 aromatic carbocycles. The van der Waals surface area contributed by atoms with Crippen molar-refractivity contribution in [3.8, 4) is 22.8 Å². The maximum atomic E-state index is 13.3. The Balaban J connectivity index is 1.01. The van der Waals surface area contributed by atoms with E-state index in [2.05, 4.69) is 22.6 Å². The van der Waals surface area contributed by atoms with Crippen LogP contribution in [0.15, 0.2) is 48.7 Å². The van der Waals surface area contributed by atoms with Gasteiger partial charge in [0.15, 0.2) is 0 Å². The summed E-state index contributed by atoms with van der Waals surface area (Å²) in [6.45, 7) is 9.08. The summed E-state index contributed by atoms with van der Waals surface area (Å²) < 4.78 is 29.1. The molecule has 3 aromatic rings. The zero-order valence-corrected chi connectivity index (χ0v) is 28.8. The SMILES string of the molecule is CCCOCCOCCOCCn1cc(-c2ccc(NC(=O)N3CCC(N4CCN(Cc5cc(OC)ccc5OC)C4=O)CC3)cc2)nn1. The number of methoxy groups -OCH3 is 2. The highest BCUT2D eigenvalue weighted by atomic mass is 16.5. The van der Waals surface area contributed by atoms with E-state index in [1.807, 2.05) is 63.4 Å². The Morgan fingerprint density at radius 2 is 1.59 bits per heavy atom. The van der Waals surface area contributed by atoms with Crippen molar-refractivity contribution in [2.75, 3.05) is 85.4 Å². The Hall–Kier alpha value is -4.40. The number of rotatable bonds is 18. The minimum atomic E-state index is -0.146. The summed E-state index contributed by atoms with van der Waals surface area (Å²) in [6, 6.07) is 13.2. The van der Waals surface area contributed by atoms with Crippen LogP contribution in [0.2, 0.25) is 0 Å². The smallest absolute Gasteiger partial charge is 0.321 e. The summed E-state index contributed by atoms with van der Waals surface area (Å²) in [7, 11) is 3.25. The third-order valence-electron chi connectivity index (χ3n) is 8.70. The van der Waals surface area contributed by atoms with Gasteiger partial charge in [0.05, 0.1) is 66.5 Å². The summed E-state index contributed by atoms with van der Waals surface area (Å²) >= 11 is 0. The Morgan fingerprint density at radius 1 is 0.878 bits per heavy atom. The molecule has 3 heterocycles. The van der Waals surface area contributed by atoms with Crippen molar-refractivity contribution in [3.63, 3.8) is 0 Å². The average Bonchev–Trinajstić information content (AvgIpc) is 3.75. The van der Waals surface area contributed by atoms with Crippen molar-refractivity contribution in [1.82, 2.24) is 29.7 Å². The molecule has 4 amide bonds. The number of amides is 4. The molecule has 14 nitrogen and oxygen atoms in total. The van der Waals surface area contributed by atoms with E-state index in [0.29, 0.717) is 78.0 Å². The maximum absolute atomic E-state index is 13.3. The van der Waals surface area contributed by atoms with Crippen molar-refractivity contribution in [2.45, 2.75) is 45.3 Å². The first-order chi connectivity index (χ1) is 24.0. The van der Waals surface area contributed by atoms with Crippen molar-refractivity contribution in [1.29, 1.82) is 0 Å². The highest BCUT2D eigenvalue weighted by Gasteiger charge is 2.36. The van der Waals surface area contributed by atoms with E-state index in [1.165, 1.54) is 0 Å². The van der Waals surface area contributed by atoms with Crippen LogP contribution >= 0.6 is 0 Å². The Kier molecular flexibility index (Phi) is 13.5. The molecular formula is C35H49N7O7. The van der Waals surface area contributed by atoms with E-state index < -0.39 is 0 Å². The van der Waals surface area contributed by atoms with Gasteiger partial charge >= 0.3 is 12.1 Å². The summed E-state index contributed by atoms with van der Waals surface area (Å²) in [5, 5.41) is 11.5. The molecule has 0 radical (unpaired) electrons. The second-order valence-electron chi connectivity index (χ2n) is 12.0. The van der Waals surface area contributed by atoms with Crippen molar-refractivity contribution < 1.29 is 33.3 Å². The standard InChI is InChI=1S/C35H49N7O7/c1-4-18-47-20-22-49-23-21-48-19-17-41-26-32(37-38-41)27-5-7-29(8-6-27)36-34(43)39-13-11-30(12-14-39)42-16-15-40(35(42)44)25-28-24-31(45-2)9-10-33(28)46-3/h5-10,24,26,30H,4,11-23,25H2,1-3H3,(H,36,43). The molecule has 2 aliphatic rings. The largest absolute Gasteiger partial charge is 0.497 e. The normalized spacial score (nSPS) is 15.2. The van der Waals surface area contributed by atoms with E-state index >= 15 is 0 Å². The second kappa shape index (κ2) is 18.4. The van der Waals surface area contributed by atoms with Crippen molar-refractivity contribution >= 4 is 17.7 Å². The molecule has 0 bridgehead atoms. The average molecular weight is 680 g/mol. The molecule has 1 aromatic heterocycles. The third-order valence-corrected chi connectivity index (χ3v) is 8.70. The lowest BCUT2D eigenvalue weighted by Gasteiger charge is -2.36. The Morgan fingerprint density at radius 3 is 2.29 bits per heavy atom. The number of anilines is 1. The lowest BCUT2D eigenvalue weighted by Crippen LogP contribution is -2.49. The van der Waals surface area contributed by atoms with E-state index in [9.17, 15) is 9.59 Å². The number of carbonyl (C=O) groups is 2. The van der Waals surface area contributed by atoms with E-state index in [4.69, 9.17) is 23.7 Å². The van der Waals surface area contributed by atoms with Crippen LogP contribution in [0.5, 0.6) is 11.5 Å². The molecule has 1 N–H and O–H groups in total. The van der Waals surface area contributed by atoms with Crippen LogP contribution in [0.1, 0.15) is 31.7 Å². The van der Waals surface area contributed by atoms with Gasteiger partial charge in [-0.15, -0.1) is 5.10 Å². The third kappa shape index (κ3) is 10.1. The molecule has 0 aliphatic carbocycles. The summed E-state index contributed by atoms with van der Waals surface area (Å²) in [5.74, 6) is 1.46. The fourth-order valence-electron chi connectivity index (χ4n) is 5.99. The van der Waals surface area contributed by atoms with Crippen LogP contribution in [-0.4, -0.2) is 128 Å². The van der Waals surface area contributed by atoms with Gasteiger partial charge in [-0.3, -0.25) is 0 Å². The van der Waals surface area contributed by atoms with Gasteiger partial charge in [0, 0.05) is 55.6 Å². The molecule has 0 spiro atoms. The first-order valence-electron chi connectivity index (χ1n) is 17.0. The lowest BCUT2D eigenvalue weighted by molar-refractivity contribution is 0.0128. The number of ether oxygens (including phenoxy) is 5. The second-order valence-corrected chi connectivity index (χ2v) is 12.0. The number of nitrogens with one attached hydrogen (secondary N) is 1. The van der Waals surface area contributed by atoms with Gasteiger partial charge in [0.2, 0.25) is 0 Å². The molecule has 2 saturated heterocycles. The number of benzene rings is 2. The molecule has 2 fully saturated rings. The fraction of sp³-hybridized carbons (Fsp3) is 0.543. The minimum Gasteiger partial charge on any atom is -0.497 e. The lowest BCUT2D eigenvalue weighted by atomic mass is 10.0. The van der Waals surface area contributed by atoms with Crippen LogP contribution in [0.4, 0.5) is 15.3 Å². The molecule has 49 heavy (non-hydrogen) atoms. The van der Waals surface area contributed by atoms with Crippen LogP contribution in [0.25, 0.3) is 11.3 Å². The predicted octanol–water partition coefficient (Wildman–Crippen LogP) is 4.36. The van der Waals surface area contributed by atoms with Crippen LogP contribution in [0, 0.1) is 0 Å². The number of piperidine rings is 1. The quantitative estimate of drug-likeness (QED) is 0.195. The van der Waals surface area contributed by atoms with E-state index in [0.717, 1.165) is 54.2 Å². The van der Waals surface area contributed by atoms with E-state index in [1.54, 1.807) is 18.9 Å². The number of hydrogen-bond donors (Lipinski definition) is 1. The van der Waals surface area contributed by atoms with Crippen molar-refractivity contribution in [3.05, 3.63) is 54.2 Å². The van der Waals surface area contributed by atoms with Gasteiger partial charge in [0.1, 0.15) is 17.2 Å². The van der Waals surface area contributed by atoms with Crippen molar-refractivity contribution in [2.24, 2.45) is 0 Å². The molecule has 0 atom stereocenters. The number of likely N-dealkylation sites (tertiary alicyclic amines) is 1. The molecule has 5 rings (SSSR count).